The summed E-state index contributed by atoms with van der Waals surface area (Å²) in [5.41, 5.74) is 5.83. The maximum atomic E-state index is 5.73. The average molecular weight is 291 g/mol. The molecule has 0 fully saturated rings. The van der Waals surface area contributed by atoms with Crippen molar-refractivity contribution >= 4 is 27.3 Å². The van der Waals surface area contributed by atoms with Gasteiger partial charge in [-0.2, -0.15) is 0 Å². The number of nitrogens with two attached hydrogens (primary N) is 1. The number of rotatable bonds is 5. The van der Waals surface area contributed by atoms with Crippen LogP contribution in [-0.4, -0.2) is 30.6 Å². The van der Waals surface area contributed by atoms with Crippen molar-refractivity contribution in [3.05, 3.63) is 20.8 Å². The van der Waals surface area contributed by atoms with Crippen molar-refractivity contribution < 1.29 is 0 Å². The maximum absolute atomic E-state index is 5.73. The van der Waals surface area contributed by atoms with Crippen molar-refractivity contribution in [3.63, 3.8) is 0 Å². The fourth-order valence-corrected chi connectivity index (χ4v) is 2.67. The molecule has 0 aliphatic heterocycles. The van der Waals surface area contributed by atoms with Crippen molar-refractivity contribution in [3.8, 4) is 0 Å². The van der Waals surface area contributed by atoms with Crippen LogP contribution in [0.1, 0.15) is 18.7 Å². The first-order valence-corrected chi connectivity index (χ1v) is 6.77. The molecule has 15 heavy (non-hydrogen) atoms. The smallest absolute Gasteiger partial charge is 0.0285 e. The maximum Gasteiger partial charge on any atom is 0.0285 e. The van der Waals surface area contributed by atoms with E-state index in [9.17, 15) is 0 Å². The van der Waals surface area contributed by atoms with E-state index in [4.69, 9.17) is 5.73 Å². The Kier molecular flexibility index (Phi) is 4.77. The van der Waals surface area contributed by atoms with E-state index in [2.05, 4.69) is 53.2 Å². The largest absolute Gasteiger partial charge is 0.329 e. The number of thiophene rings is 1. The Morgan fingerprint density at radius 3 is 2.67 bits per heavy atom. The van der Waals surface area contributed by atoms with Gasteiger partial charge in [-0.1, -0.05) is 0 Å². The highest BCUT2D eigenvalue weighted by Crippen LogP contribution is 2.21. The van der Waals surface area contributed by atoms with Gasteiger partial charge in [-0.25, -0.2) is 0 Å². The van der Waals surface area contributed by atoms with E-state index in [0.717, 1.165) is 13.0 Å². The van der Waals surface area contributed by atoms with Crippen molar-refractivity contribution in [2.45, 2.75) is 25.8 Å². The summed E-state index contributed by atoms with van der Waals surface area (Å²) in [6, 6.07) is 2.19. The Bertz CT molecular complexity index is 309. The summed E-state index contributed by atoms with van der Waals surface area (Å²) in [6.07, 6.45) is 1.09. The molecule has 0 atom stereocenters. The summed E-state index contributed by atoms with van der Waals surface area (Å²) in [4.78, 5) is 3.74. The van der Waals surface area contributed by atoms with Crippen LogP contribution in [-0.2, 0) is 6.42 Å². The van der Waals surface area contributed by atoms with E-state index in [-0.39, 0.29) is 5.54 Å². The first-order valence-electron chi connectivity index (χ1n) is 5.10. The molecular formula is C11H19BrN2S. The molecule has 4 heteroatoms. The number of likely N-dealkylation sites (N-methyl/N-ethyl adjacent to an activating group) is 1. The van der Waals surface area contributed by atoms with Gasteiger partial charge < -0.3 is 5.73 Å². The Morgan fingerprint density at radius 2 is 2.20 bits per heavy atom. The van der Waals surface area contributed by atoms with Crippen LogP contribution in [0.25, 0.3) is 0 Å². The minimum atomic E-state index is 0.0918. The lowest BCUT2D eigenvalue weighted by molar-refractivity contribution is 0.166. The summed E-state index contributed by atoms with van der Waals surface area (Å²) in [5.74, 6) is 0. The zero-order chi connectivity index (χ0) is 11.5. The zero-order valence-electron chi connectivity index (χ0n) is 9.59. The molecule has 1 aromatic rings. The minimum Gasteiger partial charge on any atom is -0.329 e. The molecule has 0 aliphatic rings. The molecule has 0 saturated carbocycles. The van der Waals surface area contributed by atoms with Crippen LogP contribution in [0.5, 0.6) is 0 Å². The van der Waals surface area contributed by atoms with Crippen LogP contribution in [0.3, 0.4) is 0 Å². The molecule has 1 rings (SSSR count). The van der Waals surface area contributed by atoms with Gasteiger partial charge >= 0.3 is 0 Å². The number of halogens is 1. The molecule has 1 heterocycles. The van der Waals surface area contributed by atoms with Crippen molar-refractivity contribution in [1.29, 1.82) is 0 Å². The highest BCUT2D eigenvalue weighted by Gasteiger charge is 2.20. The van der Waals surface area contributed by atoms with Gasteiger partial charge in [0.1, 0.15) is 0 Å². The van der Waals surface area contributed by atoms with Crippen LogP contribution >= 0.6 is 27.3 Å². The molecule has 0 aromatic carbocycles. The Hall–Kier alpha value is 0.1000. The second-order valence-electron chi connectivity index (χ2n) is 4.42. The second kappa shape index (κ2) is 5.43. The topological polar surface area (TPSA) is 29.3 Å². The first kappa shape index (κ1) is 13.2. The molecule has 0 radical (unpaired) electrons. The van der Waals surface area contributed by atoms with Crippen LogP contribution < -0.4 is 5.73 Å². The molecule has 0 saturated heterocycles. The first-order chi connectivity index (χ1) is 6.95. The molecule has 0 aliphatic carbocycles. The van der Waals surface area contributed by atoms with Gasteiger partial charge in [0.2, 0.25) is 0 Å². The lowest BCUT2D eigenvalue weighted by Gasteiger charge is -2.34. The molecular weight excluding hydrogens is 272 g/mol. The Labute approximate surface area is 105 Å². The van der Waals surface area contributed by atoms with E-state index in [1.807, 2.05) is 0 Å². The molecule has 2 nitrogen and oxygen atoms in total. The number of hydrogen-bond donors (Lipinski definition) is 1. The van der Waals surface area contributed by atoms with Gasteiger partial charge in [-0.3, -0.25) is 4.90 Å². The van der Waals surface area contributed by atoms with Gasteiger partial charge in [-0.15, -0.1) is 11.3 Å². The van der Waals surface area contributed by atoms with Crippen molar-refractivity contribution in [2.75, 3.05) is 20.1 Å². The second-order valence-corrected chi connectivity index (χ2v) is 6.33. The van der Waals surface area contributed by atoms with Crippen LogP contribution in [0, 0.1) is 0 Å². The Balaban J connectivity index is 2.44. The molecule has 86 valence electrons. The lowest BCUT2D eigenvalue weighted by Crippen LogP contribution is -2.47. The van der Waals surface area contributed by atoms with E-state index in [1.54, 1.807) is 11.3 Å². The van der Waals surface area contributed by atoms with Gasteiger partial charge in [-0.05, 0) is 49.3 Å². The normalized spacial score (nSPS) is 12.4. The quantitative estimate of drug-likeness (QED) is 0.904. The summed E-state index contributed by atoms with van der Waals surface area (Å²) in [7, 11) is 2.13. The zero-order valence-corrected chi connectivity index (χ0v) is 12.0. The SMILES string of the molecule is CN(CCc1cc(Br)cs1)C(C)(C)CN. The fraction of sp³-hybridized carbons (Fsp3) is 0.636. The van der Waals surface area contributed by atoms with Gasteiger partial charge in [0, 0.05) is 33.4 Å². The van der Waals surface area contributed by atoms with Crippen molar-refractivity contribution in [2.24, 2.45) is 5.73 Å². The highest BCUT2D eigenvalue weighted by molar-refractivity contribution is 9.10. The van der Waals surface area contributed by atoms with E-state index in [0.29, 0.717) is 6.54 Å². The molecule has 0 spiro atoms. The van der Waals surface area contributed by atoms with Crippen molar-refractivity contribution in [1.82, 2.24) is 4.90 Å². The van der Waals surface area contributed by atoms with Gasteiger partial charge in [0.25, 0.3) is 0 Å². The van der Waals surface area contributed by atoms with Gasteiger partial charge in [0.05, 0.1) is 0 Å². The van der Waals surface area contributed by atoms with Gasteiger partial charge in [0.15, 0.2) is 0 Å². The molecule has 2 N–H and O–H groups in total. The Morgan fingerprint density at radius 1 is 1.53 bits per heavy atom. The molecule has 1 aromatic heterocycles. The summed E-state index contributed by atoms with van der Waals surface area (Å²) < 4.78 is 1.18. The molecule has 0 unspecified atom stereocenters. The summed E-state index contributed by atoms with van der Waals surface area (Å²) in [6.45, 7) is 6.10. The lowest BCUT2D eigenvalue weighted by atomic mass is 10.0. The standard InChI is InChI=1S/C11H19BrN2S/c1-11(2,8-13)14(3)5-4-10-6-9(12)7-15-10/h6-7H,4-5,8,13H2,1-3H3. The van der Waals surface area contributed by atoms with Crippen LogP contribution in [0.4, 0.5) is 0 Å². The summed E-state index contributed by atoms with van der Waals surface area (Å²) in [5, 5.41) is 2.13. The predicted molar refractivity (Wildman–Crippen MR) is 71.5 cm³/mol. The average Bonchev–Trinajstić information content (AvgIpc) is 2.60. The van der Waals surface area contributed by atoms with E-state index in [1.165, 1.54) is 9.35 Å². The number of hydrogen-bond acceptors (Lipinski definition) is 3. The highest BCUT2D eigenvalue weighted by atomic mass is 79.9. The molecule has 0 amide bonds. The van der Waals surface area contributed by atoms with E-state index < -0.39 is 0 Å². The third-order valence-electron chi connectivity index (χ3n) is 2.85. The third kappa shape index (κ3) is 3.87. The summed E-state index contributed by atoms with van der Waals surface area (Å²) >= 11 is 5.27. The fourth-order valence-electron chi connectivity index (χ4n) is 1.22. The minimum absolute atomic E-state index is 0.0918. The van der Waals surface area contributed by atoms with Crippen LogP contribution in [0.15, 0.2) is 15.9 Å². The van der Waals surface area contributed by atoms with Crippen LogP contribution in [0.2, 0.25) is 0 Å². The molecule has 0 bridgehead atoms. The monoisotopic (exact) mass is 290 g/mol. The van der Waals surface area contributed by atoms with E-state index >= 15 is 0 Å². The number of nitrogens with zero attached hydrogens (tertiary/aromatic N) is 1. The predicted octanol–water partition coefficient (Wildman–Crippen LogP) is 2.72. The third-order valence-corrected chi connectivity index (χ3v) is 4.61.